The van der Waals surface area contributed by atoms with Crippen LogP contribution in [0.25, 0.3) is 11.4 Å². The highest BCUT2D eigenvalue weighted by Crippen LogP contribution is 2.23. The predicted octanol–water partition coefficient (Wildman–Crippen LogP) is 4.37. The molecule has 0 aliphatic heterocycles. The van der Waals surface area contributed by atoms with E-state index in [0.29, 0.717) is 11.7 Å². The number of hydrogen-bond acceptors (Lipinski definition) is 5. The lowest BCUT2D eigenvalue weighted by molar-refractivity contribution is 0.102. The minimum atomic E-state index is 0.0964. The first-order valence-electron chi connectivity index (χ1n) is 8.66. The maximum Gasteiger partial charge on any atom is 0.191 e. The minimum Gasteiger partial charge on any atom is -0.305 e. The number of hydrogen-bond donors (Lipinski definition) is 0. The van der Waals surface area contributed by atoms with Crippen LogP contribution in [0.2, 0.25) is 0 Å². The SMILES string of the molecule is CC[C@H](C)c1ccc(C(=O)CSc2nnc(-c3ccncc3)n2C)cc1. The molecule has 26 heavy (non-hydrogen) atoms. The molecule has 5 nitrogen and oxygen atoms in total. The Morgan fingerprint density at radius 2 is 1.81 bits per heavy atom. The summed E-state index contributed by atoms with van der Waals surface area (Å²) in [6.45, 7) is 4.36. The summed E-state index contributed by atoms with van der Waals surface area (Å²) in [5.41, 5.74) is 2.96. The second-order valence-corrected chi connectivity index (χ2v) is 7.19. The maximum atomic E-state index is 12.5. The molecule has 0 aliphatic rings. The van der Waals surface area contributed by atoms with E-state index >= 15 is 0 Å². The molecular formula is C20H22N4OS. The molecule has 0 saturated carbocycles. The van der Waals surface area contributed by atoms with Gasteiger partial charge in [-0.25, -0.2) is 0 Å². The average molecular weight is 366 g/mol. The highest BCUT2D eigenvalue weighted by Gasteiger charge is 2.14. The van der Waals surface area contributed by atoms with Gasteiger partial charge in [0.2, 0.25) is 0 Å². The van der Waals surface area contributed by atoms with Crippen molar-refractivity contribution < 1.29 is 4.79 Å². The van der Waals surface area contributed by atoms with Crippen LogP contribution >= 0.6 is 11.8 Å². The van der Waals surface area contributed by atoms with Crippen molar-refractivity contribution in [3.8, 4) is 11.4 Å². The van der Waals surface area contributed by atoms with Gasteiger partial charge >= 0.3 is 0 Å². The topological polar surface area (TPSA) is 60.7 Å². The van der Waals surface area contributed by atoms with Crippen molar-refractivity contribution in [1.82, 2.24) is 19.7 Å². The van der Waals surface area contributed by atoms with Gasteiger partial charge in [-0.3, -0.25) is 9.78 Å². The molecule has 0 unspecified atom stereocenters. The molecule has 2 heterocycles. The molecule has 0 spiro atoms. The summed E-state index contributed by atoms with van der Waals surface area (Å²) in [6.07, 6.45) is 4.54. The normalized spacial score (nSPS) is 12.1. The van der Waals surface area contributed by atoms with E-state index in [1.165, 1.54) is 17.3 Å². The molecule has 134 valence electrons. The van der Waals surface area contributed by atoms with Crippen molar-refractivity contribution in [2.45, 2.75) is 31.3 Å². The second kappa shape index (κ2) is 8.27. The third-order valence-corrected chi connectivity index (χ3v) is 5.54. The van der Waals surface area contributed by atoms with Gasteiger partial charge < -0.3 is 4.57 Å². The Morgan fingerprint density at radius 1 is 1.12 bits per heavy atom. The van der Waals surface area contributed by atoms with Crippen LogP contribution in [0, 0.1) is 0 Å². The summed E-state index contributed by atoms with van der Waals surface area (Å²) in [5, 5.41) is 9.16. The highest BCUT2D eigenvalue weighted by atomic mass is 32.2. The number of aromatic nitrogens is 4. The second-order valence-electron chi connectivity index (χ2n) is 6.24. The van der Waals surface area contributed by atoms with E-state index in [1.807, 2.05) is 35.9 Å². The molecule has 0 radical (unpaired) electrons. The number of pyridine rings is 1. The molecule has 6 heteroatoms. The van der Waals surface area contributed by atoms with E-state index in [0.717, 1.165) is 28.5 Å². The summed E-state index contributed by atoms with van der Waals surface area (Å²) in [5.74, 6) is 1.71. The number of ketones is 1. The van der Waals surface area contributed by atoms with Gasteiger partial charge in [-0.15, -0.1) is 10.2 Å². The van der Waals surface area contributed by atoms with Gasteiger partial charge in [0.15, 0.2) is 16.8 Å². The monoisotopic (exact) mass is 366 g/mol. The first-order chi connectivity index (χ1) is 12.6. The van der Waals surface area contributed by atoms with E-state index in [4.69, 9.17) is 0 Å². The van der Waals surface area contributed by atoms with E-state index in [-0.39, 0.29) is 5.78 Å². The maximum absolute atomic E-state index is 12.5. The third kappa shape index (κ3) is 4.02. The fourth-order valence-corrected chi connectivity index (χ4v) is 3.45. The molecule has 0 N–H and O–H groups in total. The molecule has 0 fully saturated rings. The van der Waals surface area contributed by atoms with Crippen molar-refractivity contribution in [1.29, 1.82) is 0 Å². The molecule has 3 aromatic rings. The number of rotatable bonds is 7. The first kappa shape index (κ1) is 18.3. The summed E-state index contributed by atoms with van der Waals surface area (Å²) in [6, 6.07) is 11.7. The van der Waals surface area contributed by atoms with Gasteiger partial charge in [0.25, 0.3) is 0 Å². The van der Waals surface area contributed by atoms with Crippen molar-refractivity contribution in [3.05, 3.63) is 59.9 Å². The Balaban J connectivity index is 1.66. The fourth-order valence-electron chi connectivity index (χ4n) is 2.64. The van der Waals surface area contributed by atoms with Crippen LogP contribution in [-0.2, 0) is 7.05 Å². The van der Waals surface area contributed by atoms with Crippen LogP contribution in [0.5, 0.6) is 0 Å². The Bertz CT molecular complexity index is 875. The summed E-state index contributed by atoms with van der Waals surface area (Å²) >= 11 is 1.40. The third-order valence-electron chi connectivity index (χ3n) is 4.52. The lowest BCUT2D eigenvalue weighted by atomic mass is 9.97. The number of benzene rings is 1. The zero-order valence-electron chi connectivity index (χ0n) is 15.2. The van der Waals surface area contributed by atoms with Gasteiger partial charge in [0.05, 0.1) is 5.75 Å². The molecule has 1 aromatic carbocycles. The lowest BCUT2D eigenvalue weighted by Crippen LogP contribution is -2.04. The van der Waals surface area contributed by atoms with Crippen molar-refractivity contribution in [2.75, 3.05) is 5.75 Å². The van der Waals surface area contributed by atoms with E-state index in [1.54, 1.807) is 12.4 Å². The first-order valence-corrected chi connectivity index (χ1v) is 9.64. The molecule has 0 amide bonds. The van der Waals surface area contributed by atoms with Gasteiger partial charge in [0, 0.05) is 30.6 Å². The Kier molecular flexibility index (Phi) is 5.83. The quantitative estimate of drug-likeness (QED) is 0.459. The number of thioether (sulfide) groups is 1. The van der Waals surface area contributed by atoms with Gasteiger partial charge in [-0.2, -0.15) is 0 Å². The van der Waals surface area contributed by atoms with Crippen LogP contribution in [0.3, 0.4) is 0 Å². The van der Waals surface area contributed by atoms with E-state index < -0.39 is 0 Å². The summed E-state index contributed by atoms with van der Waals surface area (Å²) in [7, 11) is 1.91. The summed E-state index contributed by atoms with van der Waals surface area (Å²) in [4.78, 5) is 16.5. The van der Waals surface area contributed by atoms with Gasteiger partial charge in [-0.1, -0.05) is 49.9 Å². The van der Waals surface area contributed by atoms with Crippen molar-refractivity contribution >= 4 is 17.5 Å². The number of carbonyl (C=O) groups excluding carboxylic acids is 1. The van der Waals surface area contributed by atoms with Crippen molar-refractivity contribution in [2.24, 2.45) is 7.05 Å². The molecule has 1 atom stereocenters. The molecular weight excluding hydrogens is 344 g/mol. The van der Waals surface area contributed by atoms with Gasteiger partial charge in [-0.05, 0) is 30.0 Å². The zero-order valence-corrected chi connectivity index (χ0v) is 16.0. The van der Waals surface area contributed by atoms with Gasteiger partial charge in [0.1, 0.15) is 0 Å². The number of Topliss-reactive ketones (excluding diaryl/α,β-unsaturated/α-hetero) is 1. The predicted molar refractivity (Wildman–Crippen MR) is 104 cm³/mol. The smallest absolute Gasteiger partial charge is 0.191 e. The largest absolute Gasteiger partial charge is 0.305 e. The molecule has 0 aliphatic carbocycles. The molecule has 3 rings (SSSR count). The zero-order chi connectivity index (χ0) is 18.5. The highest BCUT2D eigenvalue weighted by molar-refractivity contribution is 7.99. The van der Waals surface area contributed by atoms with Crippen LogP contribution < -0.4 is 0 Å². The van der Waals surface area contributed by atoms with Crippen LogP contribution in [0.15, 0.2) is 53.9 Å². The fraction of sp³-hybridized carbons (Fsp3) is 0.300. The van der Waals surface area contributed by atoms with Crippen LogP contribution in [0.4, 0.5) is 0 Å². The minimum absolute atomic E-state index is 0.0964. The van der Waals surface area contributed by atoms with Crippen LogP contribution in [0.1, 0.15) is 42.1 Å². The lowest BCUT2D eigenvalue weighted by Gasteiger charge is -2.09. The Morgan fingerprint density at radius 3 is 2.46 bits per heavy atom. The number of carbonyl (C=O) groups is 1. The Hall–Kier alpha value is -2.47. The molecule has 2 aromatic heterocycles. The van der Waals surface area contributed by atoms with E-state index in [9.17, 15) is 4.79 Å². The molecule has 0 saturated heterocycles. The summed E-state index contributed by atoms with van der Waals surface area (Å²) < 4.78 is 1.90. The Labute approximate surface area is 157 Å². The van der Waals surface area contributed by atoms with Crippen molar-refractivity contribution in [3.63, 3.8) is 0 Å². The van der Waals surface area contributed by atoms with Crippen LogP contribution in [-0.4, -0.2) is 31.3 Å². The van der Waals surface area contributed by atoms with E-state index in [2.05, 4.69) is 41.2 Å². The number of nitrogens with zero attached hydrogens (tertiary/aromatic N) is 4. The average Bonchev–Trinajstić information content (AvgIpc) is 3.06. The standard InChI is InChI=1S/C20H22N4OS/c1-4-14(2)15-5-7-16(8-6-15)18(25)13-26-20-23-22-19(24(20)3)17-9-11-21-12-10-17/h5-12,14H,4,13H2,1-3H3/t14-/m0/s1. The molecule has 0 bridgehead atoms.